The molecule has 36 heavy (non-hydrogen) atoms. The van der Waals surface area contributed by atoms with Gasteiger partial charge in [-0.15, -0.1) is 23.2 Å². The molecule has 6 nitrogen and oxygen atoms in total. The van der Waals surface area contributed by atoms with Crippen molar-refractivity contribution >= 4 is 75.3 Å². The highest BCUT2D eigenvalue weighted by molar-refractivity contribution is 6.53. The fraction of sp³-hybridized carbons (Fsp3) is 0.125. The van der Waals surface area contributed by atoms with E-state index in [0.717, 1.165) is 12.1 Å². The molecule has 184 valence electrons. The van der Waals surface area contributed by atoms with Crippen molar-refractivity contribution in [2.45, 2.75) is 10.3 Å². The summed E-state index contributed by atoms with van der Waals surface area (Å²) < 4.78 is 26.1. The number of halogens is 6. The molecule has 3 aromatic rings. The predicted octanol–water partition coefficient (Wildman–Crippen LogP) is 6.50. The number of nitrogens with two attached hydrogens (primary N) is 1. The summed E-state index contributed by atoms with van der Waals surface area (Å²) in [5, 5.41) is 14.4. The van der Waals surface area contributed by atoms with Gasteiger partial charge in [-0.25, -0.2) is 8.78 Å². The third-order valence-electron chi connectivity index (χ3n) is 5.60. The maximum atomic E-state index is 14.2. The molecule has 1 aliphatic carbocycles. The van der Waals surface area contributed by atoms with Gasteiger partial charge in [0.2, 0.25) is 5.91 Å². The number of amides is 2. The number of nitrogens with one attached hydrogen (secondary N) is 2. The second-order valence-corrected chi connectivity index (χ2v) is 10.3. The van der Waals surface area contributed by atoms with Crippen LogP contribution < -0.4 is 16.4 Å². The number of benzene rings is 3. The van der Waals surface area contributed by atoms with Crippen LogP contribution in [0.15, 0.2) is 48.5 Å². The third kappa shape index (κ3) is 4.93. The van der Waals surface area contributed by atoms with Gasteiger partial charge in [0, 0.05) is 16.6 Å². The Hall–Kier alpha value is -3.09. The third-order valence-corrected chi connectivity index (χ3v) is 7.09. The largest absolute Gasteiger partial charge is 0.394 e. The SMILES string of the molecule is N#Cc1cc(Cl)cc(C2C(C(=O)Nc3ccc(Cl)c(C(=O)Nc4ccc(F)c(N)c4F)c3)C2(Cl)Cl)c1. The minimum Gasteiger partial charge on any atom is -0.394 e. The molecule has 4 rings (SSSR count). The standard InChI is InChI=1S/C24H14Cl4F2N4O2/c25-12-6-10(9-31)5-11(7-12)18-19(24(18,27)28)23(36)33-13-1-2-15(26)14(8-13)22(35)34-17-4-3-16(29)21(32)20(17)30/h1-8,18-19H,32H2,(H,33,36)(H,34,35). The molecule has 0 aromatic heterocycles. The Labute approximate surface area is 223 Å². The molecule has 1 fully saturated rings. The molecule has 1 saturated carbocycles. The van der Waals surface area contributed by atoms with Gasteiger partial charge in [0.25, 0.3) is 5.91 Å². The van der Waals surface area contributed by atoms with Gasteiger partial charge >= 0.3 is 0 Å². The monoisotopic (exact) mass is 568 g/mol. The summed E-state index contributed by atoms with van der Waals surface area (Å²) >= 11 is 24.9. The zero-order chi connectivity index (χ0) is 26.4. The molecular weight excluding hydrogens is 556 g/mol. The van der Waals surface area contributed by atoms with Gasteiger partial charge < -0.3 is 16.4 Å². The quantitative estimate of drug-likeness (QED) is 0.240. The van der Waals surface area contributed by atoms with Crippen LogP contribution in [0.3, 0.4) is 0 Å². The van der Waals surface area contributed by atoms with E-state index in [2.05, 4.69) is 10.6 Å². The Morgan fingerprint density at radius 3 is 2.44 bits per heavy atom. The zero-order valence-corrected chi connectivity index (χ0v) is 20.9. The van der Waals surface area contributed by atoms with E-state index in [4.69, 9.17) is 52.1 Å². The van der Waals surface area contributed by atoms with Gasteiger partial charge in [0.05, 0.1) is 33.8 Å². The molecule has 0 aliphatic heterocycles. The van der Waals surface area contributed by atoms with E-state index < -0.39 is 45.3 Å². The Morgan fingerprint density at radius 1 is 1.03 bits per heavy atom. The van der Waals surface area contributed by atoms with Crippen molar-refractivity contribution in [3.63, 3.8) is 0 Å². The van der Waals surface area contributed by atoms with Gasteiger partial charge in [-0.1, -0.05) is 23.2 Å². The van der Waals surface area contributed by atoms with Crippen molar-refractivity contribution in [3.8, 4) is 6.07 Å². The number of hydrogen-bond acceptors (Lipinski definition) is 4. The van der Waals surface area contributed by atoms with Gasteiger partial charge in [-0.2, -0.15) is 5.26 Å². The lowest BCUT2D eigenvalue weighted by atomic mass is 10.1. The first-order valence-corrected chi connectivity index (χ1v) is 11.7. The Balaban J connectivity index is 1.53. The number of nitrogens with zero attached hydrogens (tertiary/aromatic N) is 1. The predicted molar refractivity (Wildman–Crippen MR) is 136 cm³/mol. The van der Waals surface area contributed by atoms with Crippen LogP contribution in [0.4, 0.5) is 25.8 Å². The summed E-state index contributed by atoms with van der Waals surface area (Å²) in [4.78, 5) is 25.7. The summed E-state index contributed by atoms with van der Waals surface area (Å²) in [6.07, 6.45) is 0. The molecule has 2 unspecified atom stereocenters. The number of anilines is 3. The molecule has 0 heterocycles. The average Bonchev–Trinajstić information content (AvgIpc) is 3.42. The van der Waals surface area contributed by atoms with Crippen LogP contribution in [-0.2, 0) is 4.79 Å². The van der Waals surface area contributed by atoms with Crippen molar-refractivity contribution < 1.29 is 18.4 Å². The molecule has 0 radical (unpaired) electrons. The highest BCUT2D eigenvalue weighted by Gasteiger charge is 2.67. The molecule has 2 atom stereocenters. The topological polar surface area (TPSA) is 108 Å². The number of rotatable bonds is 5. The van der Waals surface area contributed by atoms with Gasteiger partial charge in [0.1, 0.15) is 15.8 Å². The lowest BCUT2D eigenvalue weighted by molar-refractivity contribution is -0.117. The van der Waals surface area contributed by atoms with Crippen LogP contribution in [-0.4, -0.2) is 16.1 Å². The van der Waals surface area contributed by atoms with Crippen molar-refractivity contribution in [1.82, 2.24) is 0 Å². The minimum absolute atomic E-state index is 0.0114. The summed E-state index contributed by atoms with van der Waals surface area (Å²) in [5.41, 5.74) is 5.14. The van der Waals surface area contributed by atoms with Crippen LogP contribution in [0.2, 0.25) is 10.0 Å². The van der Waals surface area contributed by atoms with Crippen LogP contribution in [0, 0.1) is 28.9 Å². The first-order valence-electron chi connectivity index (χ1n) is 10.2. The summed E-state index contributed by atoms with van der Waals surface area (Å²) in [5.74, 6) is -4.98. The summed E-state index contributed by atoms with van der Waals surface area (Å²) in [6, 6.07) is 12.6. The van der Waals surface area contributed by atoms with E-state index in [-0.39, 0.29) is 22.0 Å². The molecule has 0 bridgehead atoms. The van der Waals surface area contributed by atoms with Crippen LogP contribution >= 0.6 is 46.4 Å². The average molecular weight is 570 g/mol. The number of hydrogen-bond donors (Lipinski definition) is 3. The first kappa shape index (κ1) is 26.0. The summed E-state index contributed by atoms with van der Waals surface area (Å²) in [7, 11) is 0. The highest BCUT2D eigenvalue weighted by atomic mass is 35.5. The number of nitriles is 1. The van der Waals surface area contributed by atoms with E-state index in [0.29, 0.717) is 16.1 Å². The molecule has 4 N–H and O–H groups in total. The molecule has 1 aliphatic rings. The molecule has 3 aromatic carbocycles. The highest BCUT2D eigenvalue weighted by Crippen LogP contribution is 2.65. The Bertz CT molecular complexity index is 1460. The van der Waals surface area contributed by atoms with Gasteiger partial charge in [-0.05, 0) is 54.1 Å². The fourth-order valence-corrected chi connectivity index (χ4v) is 5.05. The lowest BCUT2D eigenvalue weighted by Gasteiger charge is -2.11. The van der Waals surface area contributed by atoms with Crippen LogP contribution in [0.25, 0.3) is 0 Å². The second-order valence-electron chi connectivity index (χ2n) is 7.98. The first-order chi connectivity index (χ1) is 16.9. The Kier molecular flexibility index (Phi) is 7.04. The number of nitrogen functional groups attached to an aromatic ring is 1. The zero-order valence-electron chi connectivity index (χ0n) is 17.9. The molecule has 12 heteroatoms. The smallest absolute Gasteiger partial charge is 0.257 e. The van der Waals surface area contributed by atoms with Crippen molar-refractivity contribution in [2.24, 2.45) is 5.92 Å². The lowest BCUT2D eigenvalue weighted by Crippen LogP contribution is -2.18. The van der Waals surface area contributed by atoms with E-state index in [9.17, 15) is 23.6 Å². The van der Waals surface area contributed by atoms with E-state index in [1.54, 1.807) is 12.1 Å². The van der Waals surface area contributed by atoms with Gasteiger partial charge in [-0.3, -0.25) is 9.59 Å². The summed E-state index contributed by atoms with van der Waals surface area (Å²) in [6.45, 7) is 0. The molecule has 0 spiro atoms. The maximum Gasteiger partial charge on any atom is 0.257 e. The van der Waals surface area contributed by atoms with Crippen molar-refractivity contribution in [1.29, 1.82) is 5.26 Å². The second kappa shape index (κ2) is 9.75. The van der Waals surface area contributed by atoms with Crippen LogP contribution in [0.5, 0.6) is 0 Å². The molecule has 0 saturated heterocycles. The van der Waals surface area contributed by atoms with E-state index in [1.807, 2.05) is 6.07 Å². The fourth-order valence-electron chi connectivity index (χ4n) is 3.78. The van der Waals surface area contributed by atoms with Crippen molar-refractivity contribution in [3.05, 3.63) is 86.9 Å². The molecular formula is C24H14Cl4F2N4O2. The van der Waals surface area contributed by atoms with E-state index in [1.165, 1.54) is 24.3 Å². The normalized spacial score (nSPS) is 17.7. The number of carbonyl (C=O) groups excluding carboxylic acids is 2. The van der Waals surface area contributed by atoms with Crippen LogP contribution in [0.1, 0.15) is 27.4 Å². The number of alkyl halides is 2. The van der Waals surface area contributed by atoms with E-state index >= 15 is 0 Å². The van der Waals surface area contributed by atoms with Crippen molar-refractivity contribution in [2.75, 3.05) is 16.4 Å². The minimum atomic E-state index is -1.45. The number of carbonyl (C=O) groups is 2. The maximum absolute atomic E-state index is 14.2. The Morgan fingerprint density at radius 2 is 1.75 bits per heavy atom. The van der Waals surface area contributed by atoms with Gasteiger partial charge in [0.15, 0.2) is 5.82 Å². The molecule has 2 amide bonds.